The van der Waals surface area contributed by atoms with Crippen molar-refractivity contribution in [3.05, 3.63) is 101 Å². The van der Waals surface area contributed by atoms with Gasteiger partial charge in [0.15, 0.2) is 17.5 Å². The molecule has 0 aliphatic carbocycles. The van der Waals surface area contributed by atoms with Gasteiger partial charge in [-0.2, -0.15) is 0 Å². The van der Waals surface area contributed by atoms with Crippen molar-refractivity contribution < 1.29 is 4.42 Å². The minimum absolute atomic E-state index is 0.584. The van der Waals surface area contributed by atoms with Gasteiger partial charge in [0.05, 0.1) is 5.56 Å². The molecule has 33 heavy (non-hydrogen) atoms. The Kier molecular flexibility index (Phi) is 4.77. The molecule has 5 heteroatoms. The van der Waals surface area contributed by atoms with Crippen LogP contribution in [0.1, 0.15) is 5.56 Å². The maximum Gasteiger partial charge on any atom is 0.167 e. The summed E-state index contributed by atoms with van der Waals surface area (Å²) in [6.07, 6.45) is 0. The second-order valence-electron chi connectivity index (χ2n) is 7.97. The molecule has 0 N–H and O–H groups in total. The molecule has 0 atom stereocenters. The van der Waals surface area contributed by atoms with E-state index in [0.29, 0.717) is 17.5 Å². The van der Waals surface area contributed by atoms with Gasteiger partial charge in [-0.05, 0) is 42.8 Å². The van der Waals surface area contributed by atoms with Crippen LogP contribution in [0.25, 0.3) is 56.1 Å². The molecule has 0 aliphatic heterocycles. The average Bonchev–Trinajstić information content (AvgIpc) is 3.23. The summed E-state index contributed by atoms with van der Waals surface area (Å²) in [7, 11) is 0. The van der Waals surface area contributed by atoms with Crippen molar-refractivity contribution >= 4 is 37.9 Å². The fourth-order valence-corrected chi connectivity index (χ4v) is 4.74. The summed E-state index contributed by atoms with van der Waals surface area (Å²) in [5, 5.41) is 2.12. The van der Waals surface area contributed by atoms with Crippen LogP contribution in [0.5, 0.6) is 0 Å². The minimum Gasteiger partial charge on any atom is -0.455 e. The number of para-hydroxylation sites is 2. The molecule has 158 valence electrons. The molecule has 2 heterocycles. The highest BCUT2D eigenvalue weighted by molar-refractivity contribution is 9.10. The molecule has 0 bridgehead atoms. The van der Waals surface area contributed by atoms with E-state index < -0.39 is 0 Å². The molecule has 6 aromatic rings. The van der Waals surface area contributed by atoms with Crippen molar-refractivity contribution in [2.75, 3.05) is 0 Å². The summed E-state index contributed by atoms with van der Waals surface area (Å²) >= 11 is 3.60. The molecule has 2 aromatic heterocycles. The highest BCUT2D eigenvalue weighted by Gasteiger charge is 2.17. The summed E-state index contributed by atoms with van der Waals surface area (Å²) in [4.78, 5) is 14.6. The van der Waals surface area contributed by atoms with Gasteiger partial charge in [0.1, 0.15) is 11.2 Å². The third kappa shape index (κ3) is 3.60. The van der Waals surface area contributed by atoms with Gasteiger partial charge in [-0.3, -0.25) is 0 Å². The Balaban J connectivity index is 1.64. The van der Waals surface area contributed by atoms with Gasteiger partial charge in [0.2, 0.25) is 0 Å². The van der Waals surface area contributed by atoms with E-state index in [9.17, 15) is 0 Å². The topological polar surface area (TPSA) is 51.8 Å². The lowest BCUT2D eigenvalue weighted by Crippen LogP contribution is -2.00. The van der Waals surface area contributed by atoms with Gasteiger partial charge in [-0.1, -0.05) is 76.6 Å². The van der Waals surface area contributed by atoms with Crippen LogP contribution in [-0.4, -0.2) is 15.0 Å². The van der Waals surface area contributed by atoms with E-state index in [2.05, 4.69) is 47.1 Å². The van der Waals surface area contributed by atoms with Crippen LogP contribution >= 0.6 is 15.9 Å². The van der Waals surface area contributed by atoms with Gasteiger partial charge >= 0.3 is 0 Å². The normalized spacial score (nSPS) is 11.3. The number of aryl methyl sites for hydroxylation is 1. The lowest BCUT2D eigenvalue weighted by atomic mass is 10.1. The SMILES string of the molecule is Cc1cc(Br)cc(-c2nc(-c3ccccc3)nc(-c3cccc4c3oc3ccccc34)n2)c1. The van der Waals surface area contributed by atoms with E-state index in [1.165, 1.54) is 0 Å². The lowest BCUT2D eigenvalue weighted by Gasteiger charge is -2.09. The number of benzene rings is 4. The van der Waals surface area contributed by atoms with Crippen LogP contribution in [-0.2, 0) is 0 Å². The molecule has 0 radical (unpaired) electrons. The number of halogens is 1. The zero-order valence-electron chi connectivity index (χ0n) is 17.8. The van der Waals surface area contributed by atoms with Crippen LogP contribution in [0.3, 0.4) is 0 Å². The molecule has 0 saturated heterocycles. The van der Waals surface area contributed by atoms with E-state index in [-0.39, 0.29) is 0 Å². The standard InChI is InChI=1S/C28H18BrN3O/c1-17-14-19(16-20(29)15-17)27-30-26(18-8-3-2-4-9-18)31-28(32-27)23-12-7-11-22-21-10-5-6-13-24(21)33-25(22)23/h2-16H,1H3. The Hall–Kier alpha value is -3.83. The van der Waals surface area contributed by atoms with Gasteiger partial charge < -0.3 is 4.42 Å². The zero-order chi connectivity index (χ0) is 22.4. The van der Waals surface area contributed by atoms with Crippen LogP contribution in [0.15, 0.2) is 99.9 Å². The van der Waals surface area contributed by atoms with Crippen molar-refractivity contribution in [2.24, 2.45) is 0 Å². The van der Waals surface area contributed by atoms with Crippen LogP contribution < -0.4 is 0 Å². The van der Waals surface area contributed by atoms with E-state index >= 15 is 0 Å². The zero-order valence-corrected chi connectivity index (χ0v) is 19.4. The quantitative estimate of drug-likeness (QED) is 0.253. The van der Waals surface area contributed by atoms with Crippen LogP contribution in [0.4, 0.5) is 0 Å². The molecular formula is C28H18BrN3O. The van der Waals surface area contributed by atoms with E-state index in [1.807, 2.05) is 66.7 Å². The highest BCUT2D eigenvalue weighted by Crippen LogP contribution is 2.35. The molecule has 0 unspecified atom stereocenters. The number of furan rings is 1. The minimum atomic E-state index is 0.584. The third-order valence-electron chi connectivity index (χ3n) is 5.61. The second kappa shape index (κ2) is 7.94. The summed E-state index contributed by atoms with van der Waals surface area (Å²) in [6, 6.07) is 30.3. The second-order valence-corrected chi connectivity index (χ2v) is 8.89. The van der Waals surface area contributed by atoms with Gasteiger partial charge in [0.25, 0.3) is 0 Å². The van der Waals surface area contributed by atoms with Crippen molar-refractivity contribution in [3.8, 4) is 34.2 Å². The van der Waals surface area contributed by atoms with E-state index in [0.717, 1.165) is 48.7 Å². The van der Waals surface area contributed by atoms with Gasteiger partial charge in [-0.25, -0.2) is 15.0 Å². The number of nitrogens with zero attached hydrogens (tertiary/aromatic N) is 3. The number of hydrogen-bond acceptors (Lipinski definition) is 4. The van der Waals surface area contributed by atoms with E-state index in [4.69, 9.17) is 19.4 Å². The monoisotopic (exact) mass is 491 g/mol. The molecule has 0 fully saturated rings. The molecule has 4 aromatic carbocycles. The number of rotatable bonds is 3. The molecule has 0 saturated carbocycles. The van der Waals surface area contributed by atoms with E-state index in [1.54, 1.807) is 0 Å². The molecular weight excluding hydrogens is 474 g/mol. The maximum absolute atomic E-state index is 6.26. The first-order valence-corrected chi connectivity index (χ1v) is 11.4. The maximum atomic E-state index is 6.26. The van der Waals surface area contributed by atoms with Gasteiger partial charge in [0, 0.05) is 26.4 Å². The number of hydrogen-bond donors (Lipinski definition) is 0. The predicted octanol–water partition coefficient (Wildman–Crippen LogP) is 7.84. The Labute approximate surface area is 199 Å². The first-order valence-electron chi connectivity index (χ1n) is 10.7. The summed E-state index contributed by atoms with van der Waals surface area (Å²) < 4.78 is 7.25. The molecule has 4 nitrogen and oxygen atoms in total. The Morgan fingerprint density at radius 2 is 1.33 bits per heavy atom. The van der Waals surface area contributed by atoms with Gasteiger partial charge in [-0.15, -0.1) is 0 Å². The van der Waals surface area contributed by atoms with Crippen molar-refractivity contribution in [1.29, 1.82) is 0 Å². The highest BCUT2D eigenvalue weighted by atomic mass is 79.9. The first kappa shape index (κ1) is 19.8. The Bertz CT molecular complexity index is 1620. The fraction of sp³-hybridized carbons (Fsp3) is 0.0357. The largest absolute Gasteiger partial charge is 0.455 e. The molecule has 0 amide bonds. The summed E-state index contributed by atoms with van der Waals surface area (Å²) in [5.74, 6) is 1.83. The smallest absolute Gasteiger partial charge is 0.167 e. The van der Waals surface area contributed by atoms with Crippen LogP contribution in [0.2, 0.25) is 0 Å². The molecule has 6 rings (SSSR count). The van der Waals surface area contributed by atoms with Crippen molar-refractivity contribution in [1.82, 2.24) is 15.0 Å². The first-order chi connectivity index (χ1) is 16.2. The number of fused-ring (bicyclic) bond motifs is 3. The van der Waals surface area contributed by atoms with Crippen molar-refractivity contribution in [3.63, 3.8) is 0 Å². The lowest BCUT2D eigenvalue weighted by molar-refractivity contribution is 0.669. The fourth-order valence-electron chi connectivity index (χ4n) is 4.13. The van der Waals surface area contributed by atoms with Crippen molar-refractivity contribution in [2.45, 2.75) is 6.92 Å². The summed E-state index contributed by atoms with van der Waals surface area (Å²) in [5.41, 5.74) is 5.46. The average molecular weight is 492 g/mol. The molecule has 0 spiro atoms. The Morgan fingerprint density at radius 3 is 2.15 bits per heavy atom. The Morgan fingerprint density at radius 1 is 0.636 bits per heavy atom. The van der Waals surface area contributed by atoms with Crippen LogP contribution in [0, 0.1) is 6.92 Å². The number of aromatic nitrogens is 3. The summed E-state index contributed by atoms with van der Waals surface area (Å²) in [6.45, 7) is 2.06. The molecule has 0 aliphatic rings. The predicted molar refractivity (Wildman–Crippen MR) is 136 cm³/mol. The third-order valence-corrected chi connectivity index (χ3v) is 6.07.